The Labute approximate surface area is 121 Å². The number of hydrogen-bond acceptors (Lipinski definition) is 4. The van der Waals surface area contributed by atoms with Crippen molar-refractivity contribution in [3.8, 4) is 0 Å². The van der Waals surface area contributed by atoms with Crippen molar-refractivity contribution in [3.05, 3.63) is 23.7 Å². The number of nitrogens with zero attached hydrogens (tertiary/aromatic N) is 2. The van der Waals surface area contributed by atoms with Gasteiger partial charge in [-0.2, -0.15) is 0 Å². The van der Waals surface area contributed by atoms with Gasteiger partial charge in [-0.25, -0.2) is 9.97 Å². The average molecular weight is 287 g/mol. The summed E-state index contributed by atoms with van der Waals surface area (Å²) in [5.74, 6) is -0.452. The first-order valence-corrected chi connectivity index (χ1v) is 7.04. The summed E-state index contributed by atoms with van der Waals surface area (Å²) in [7, 11) is 0. The van der Waals surface area contributed by atoms with Gasteiger partial charge in [0.2, 0.25) is 5.91 Å². The molecule has 7 nitrogen and oxygen atoms in total. The Morgan fingerprint density at radius 3 is 2.90 bits per heavy atom. The van der Waals surface area contributed by atoms with Crippen molar-refractivity contribution >= 4 is 23.0 Å². The molecule has 1 aliphatic rings. The third kappa shape index (κ3) is 2.58. The van der Waals surface area contributed by atoms with Crippen LogP contribution in [0, 0.1) is 0 Å². The zero-order valence-corrected chi connectivity index (χ0v) is 11.7. The van der Waals surface area contributed by atoms with Crippen molar-refractivity contribution < 1.29 is 9.59 Å². The predicted molar refractivity (Wildman–Crippen MR) is 76.6 cm³/mol. The van der Waals surface area contributed by atoms with Gasteiger partial charge in [0.15, 0.2) is 5.65 Å². The molecule has 1 aliphatic carbocycles. The first-order valence-electron chi connectivity index (χ1n) is 7.04. The van der Waals surface area contributed by atoms with Crippen LogP contribution in [0.25, 0.3) is 11.2 Å². The molecule has 0 saturated heterocycles. The highest BCUT2D eigenvalue weighted by Gasteiger charge is 2.27. The van der Waals surface area contributed by atoms with Gasteiger partial charge in [0.05, 0.1) is 17.5 Å². The van der Waals surface area contributed by atoms with Crippen LogP contribution < -0.4 is 11.1 Å². The smallest absolute Gasteiger partial charge is 0.255 e. The van der Waals surface area contributed by atoms with Crippen LogP contribution in [0.4, 0.5) is 0 Å². The fourth-order valence-corrected chi connectivity index (χ4v) is 2.26. The monoisotopic (exact) mass is 287 g/mol. The van der Waals surface area contributed by atoms with Crippen molar-refractivity contribution in [2.75, 3.05) is 0 Å². The molecule has 3 rings (SSSR count). The highest BCUT2D eigenvalue weighted by molar-refractivity contribution is 6.05. The van der Waals surface area contributed by atoms with Gasteiger partial charge < -0.3 is 16.0 Å². The standard InChI is InChI=1S/C14H17N5O2/c1-2-9(12(15)20)19-14(21)8-5-16-13-11(8)18-10(6-17-13)7-3-4-7/h5-7,9H,2-4H2,1H3,(H2,15,20)(H,16,17)(H,19,21). The van der Waals surface area contributed by atoms with E-state index in [4.69, 9.17) is 5.73 Å². The van der Waals surface area contributed by atoms with Crippen LogP contribution in [0.3, 0.4) is 0 Å². The molecule has 2 heterocycles. The van der Waals surface area contributed by atoms with E-state index in [0.717, 1.165) is 18.5 Å². The van der Waals surface area contributed by atoms with Gasteiger partial charge in [-0.1, -0.05) is 6.92 Å². The van der Waals surface area contributed by atoms with Gasteiger partial charge in [0.1, 0.15) is 11.6 Å². The van der Waals surface area contributed by atoms with E-state index < -0.39 is 11.9 Å². The van der Waals surface area contributed by atoms with Gasteiger partial charge >= 0.3 is 0 Å². The molecule has 2 aromatic heterocycles. The number of hydrogen-bond donors (Lipinski definition) is 3. The Hall–Kier alpha value is -2.44. The Morgan fingerprint density at radius 2 is 2.29 bits per heavy atom. The average Bonchev–Trinajstić information content (AvgIpc) is 3.23. The van der Waals surface area contributed by atoms with E-state index in [2.05, 4.69) is 20.3 Å². The zero-order chi connectivity index (χ0) is 15.0. The molecule has 0 aliphatic heterocycles. The number of primary amides is 1. The van der Waals surface area contributed by atoms with Crippen LogP contribution in [0.15, 0.2) is 12.4 Å². The van der Waals surface area contributed by atoms with Gasteiger partial charge in [0.25, 0.3) is 5.91 Å². The van der Waals surface area contributed by atoms with Crippen molar-refractivity contribution in [1.82, 2.24) is 20.3 Å². The summed E-state index contributed by atoms with van der Waals surface area (Å²) in [6.07, 6.45) is 5.99. The van der Waals surface area contributed by atoms with Gasteiger partial charge in [0, 0.05) is 12.1 Å². The normalized spacial score (nSPS) is 15.9. The second-order valence-corrected chi connectivity index (χ2v) is 5.31. The Morgan fingerprint density at radius 1 is 1.52 bits per heavy atom. The molecule has 21 heavy (non-hydrogen) atoms. The van der Waals surface area contributed by atoms with E-state index in [1.54, 1.807) is 19.3 Å². The minimum Gasteiger partial charge on any atom is -0.368 e. The lowest BCUT2D eigenvalue weighted by atomic mass is 10.2. The van der Waals surface area contributed by atoms with E-state index in [9.17, 15) is 9.59 Å². The molecule has 1 atom stereocenters. The predicted octanol–water partition coefficient (Wildman–Crippen LogP) is 0.829. The Bertz CT molecular complexity index is 704. The first kappa shape index (κ1) is 13.5. The molecule has 1 unspecified atom stereocenters. The number of nitrogens with one attached hydrogen (secondary N) is 2. The van der Waals surface area contributed by atoms with Crippen molar-refractivity contribution in [1.29, 1.82) is 0 Å². The lowest BCUT2D eigenvalue weighted by Gasteiger charge is -2.12. The van der Waals surface area contributed by atoms with Crippen LogP contribution in [0.1, 0.15) is 48.2 Å². The molecule has 110 valence electrons. The summed E-state index contributed by atoms with van der Waals surface area (Å²) in [6, 6.07) is -0.679. The Balaban J connectivity index is 1.90. The van der Waals surface area contributed by atoms with Crippen LogP contribution in [-0.4, -0.2) is 32.8 Å². The fraction of sp³-hybridized carbons (Fsp3) is 0.429. The number of aromatic amines is 1. The molecule has 0 spiro atoms. The van der Waals surface area contributed by atoms with Crippen LogP contribution in [0.5, 0.6) is 0 Å². The summed E-state index contributed by atoms with van der Waals surface area (Å²) < 4.78 is 0. The number of amides is 2. The maximum atomic E-state index is 12.3. The minimum absolute atomic E-state index is 0.367. The molecular weight excluding hydrogens is 270 g/mol. The number of carbonyl (C=O) groups excluding carboxylic acids is 2. The maximum Gasteiger partial charge on any atom is 0.255 e. The molecule has 2 amide bonds. The maximum absolute atomic E-state index is 12.3. The van der Waals surface area contributed by atoms with Gasteiger partial charge in [-0.05, 0) is 19.3 Å². The topological polar surface area (TPSA) is 114 Å². The van der Waals surface area contributed by atoms with E-state index >= 15 is 0 Å². The fourth-order valence-electron chi connectivity index (χ4n) is 2.26. The molecule has 0 radical (unpaired) electrons. The van der Waals surface area contributed by atoms with E-state index in [0.29, 0.717) is 29.1 Å². The molecular formula is C14H17N5O2. The highest BCUT2D eigenvalue weighted by Crippen LogP contribution is 2.39. The van der Waals surface area contributed by atoms with E-state index in [1.807, 2.05) is 0 Å². The molecule has 1 fully saturated rings. The van der Waals surface area contributed by atoms with Crippen LogP contribution in [-0.2, 0) is 4.79 Å². The number of rotatable bonds is 5. The number of H-pyrrole nitrogens is 1. The van der Waals surface area contributed by atoms with Gasteiger partial charge in [-0.15, -0.1) is 0 Å². The zero-order valence-electron chi connectivity index (χ0n) is 11.7. The first-order chi connectivity index (χ1) is 10.1. The second kappa shape index (κ2) is 5.16. The molecule has 1 saturated carbocycles. The van der Waals surface area contributed by atoms with Crippen LogP contribution in [0.2, 0.25) is 0 Å². The van der Waals surface area contributed by atoms with Crippen molar-refractivity contribution in [2.24, 2.45) is 5.73 Å². The molecule has 0 aromatic carbocycles. The second-order valence-electron chi connectivity index (χ2n) is 5.31. The van der Waals surface area contributed by atoms with Crippen molar-refractivity contribution in [2.45, 2.75) is 38.1 Å². The molecule has 7 heteroatoms. The Kier molecular flexibility index (Phi) is 3.32. The number of carbonyl (C=O) groups is 2. The molecule has 0 bridgehead atoms. The summed E-state index contributed by atoms with van der Waals surface area (Å²) in [4.78, 5) is 35.2. The summed E-state index contributed by atoms with van der Waals surface area (Å²) in [5.41, 5.74) is 7.65. The quantitative estimate of drug-likeness (QED) is 0.755. The number of nitrogens with two attached hydrogens (primary N) is 1. The SMILES string of the molecule is CCC(NC(=O)c1c[nH]c2ncc(C3CC3)nc12)C(N)=O. The minimum atomic E-state index is -0.679. The summed E-state index contributed by atoms with van der Waals surface area (Å²) in [6.45, 7) is 1.79. The van der Waals surface area contributed by atoms with E-state index in [-0.39, 0.29) is 5.91 Å². The molecule has 2 aromatic rings. The van der Waals surface area contributed by atoms with Crippen molar-refractivity contribution in [3.63, 3.8) is 0 Å². The van der Waals surface area contributed by atoms with Crippen LogP contribution >= 0.6 is 0 Å². The number of fused-ring (bicyclic) bond motifs is 1. The lowest BCUT2D eigenvalue weighted by Crippen LogP contribution is -2.43. The third-order valence-electron chi connectivity index (χ3n) is 3.70. The number of aromatic nitrogens is 3. The molecule has 4 N–H and O–H groups in total. The van der Waals surface area contributed by atoms with Gasteiger partial charge in [-0.3, -0.25) is 9.59 Å². The highest BCUT2D eigenvalue weighted by atomic mass is 16.2. The lowest BCUT2D eigenvalue weighted by molar-refractivity contribution is -0.119. The largest absolute Gasteiger partial charge is 0.368 e. The van der Waals surface area contributed by atoms with E-state index in [1.165, 1.54) is 0 Å². The third-order valence-corrected chi connectivity index (χ3v) is 3.70. The summed E-state index contributed by atoms with van der Waals surface area (Å²) >= 11 is 0. The summed E-state index contributed by atoms with van der Waals surface area (Å²) in [5, 5.41) is 2.62.